The van der Waals surface area contributed by atoms with Gasteiger partial charge in [-0.3, -0.25) is 4.79 Å². The van der Waals surface area contributed by atoms with Gasteiger partial charge in [-0.15, -0.1) is 0 Å². The highest BCUT2D eigenvalue weighted by atomic mass is 16.7. The van der Waals surface area contributed by atoms with Crippen LogP contribution in [0.5, 0.6) is 0 Å². The molecule has 6 N–H and O–H groups in total. The van der Waals surface area contributed by atoms with Crippen LogP contribution in [-0.2, 0) is 14.3 Å². The number of aliphatic hydroxyl groups is 5. The Morgan fingerprint density at radius 2 is 0.954 bits per heavy atom. The first kappa shape index (κ1) is 60.4. The highest BCUT2D eigenvalue weighted by Crippen LogP contribution is 2.23. The van der Waals surface area contributed by atoms with Crippen molar-refractivity contribution in [2.45, 2.75) is 249 Å². The Kier molecular flexibility index (Phi) is 42.0. The van der Waals surface area contributed by atoms with E-state index in [1.54, 1.807) is 6.08 Å². The van der Waals surface area contributed by atoms with E-state index < -0.39 is 49.5 Å². The van der Waals surface area contributed by atoms with Crippen molar-refractivity contribution in [1.82, 2.24) is 5.32 Å². The lowest BCUT2D eigenvalue weighted by Gasteiger charge is -2.40. The standard InChI is InChI=1S/C56H97NO8/c1-3-5-7-9-11-13-15-17-19-21-23-24-25-26-28-30-32-34-36-38-40-42-44-46-52(60)57-49(48-64-56-55(63)54(62)53(61)51(47-58)65-56)50(59)45-43-41-39-37-35-33-31-29-27-22-20-18-16-14-12-10-8-6-4-2/h5,7,11,13,17,19,23-24,26,28,32,34,43,45,49-51,53-56,58-59,61-63H,3-4,6,8-10,12,14-16,18,20-22,25,27,29-31,33,35-42,44,46-48H2,1-2H3,(H,57,60)/b7-5-,13-11-,19-17-,24-23-,28-26-,34-32-,45-43+. The van der Waals surface area contributed by atoms with Gasteiger partial charge in [-0.05, 0) is 70.6 Å². The van der Waals surface area contributed by atoms with Crippen LogP contribution in [-0.4, -0.2) is 87.5 Å². The molecule has 0 aromatic heterocycles. The maximum absolute atomic E-state index is 13.0. The molecule has 9 nitrogen and oxygen atoms in total. The van der Waals surface area contributed by atoms with Gasteiger partial charge < -0.3 is 40.3 Å². The highest BCUT2D eigenvalue weighted by Gasteiger charge is 2.44. The number of amides is 1. The molecule has 0 saturated carbocycles. The number of unbranched alkanes of at least 4 members (excludes halogenated alkanes) is 21. The van der Waals surface area contributed by atoms with E-state index in [1.165, 1.54) is 96.3 Å². The fraction of sp³-hybridized carbons (Fsp3) is 0.732. The minimum absolute atomic E-state index is 0.203. The predicted molar refractivity (Wildman–Crippen MR) is 271 cm³/mol. The molecule has 0 aromatic rings. The summed E-state index contributed by atoms with van der Waals surface area (Å²) in [7, 11) is 0. The Labute approximate surface area is 397 Å². The molecule has 0 spiro atoms. The fourth-order valence-corrected chi connectivity index (χ4v) is 7.81. The van der Waals surface area contributed by atoms with Crippen LogP contribution in [0.25, 0.3) is 0 Å². The number of allylic oxidation sites excluding steroid dienone is 13. The zero-order valence-electron chi connectivity index (χ0n) is 41.2. The van der Waals surface area contributed by atoms with E-state index in [0.29, 0.717) is 6.42 Å². The SMILES string of the molecule is CC/C=C\C/C=C\C/C=C\C/C=C\C/C=C\C/C=C\CCCCCCC(=O)NC(COC1OC(CO)C(O)C(O)C1O)C(O)/C=C/CCCCCCCCCCCCCCCCCCC. The predicted octanol–water partition coefficient (Wildman–Crippen LogP) is 12.3. The molecule has 0 aromatic carbocycles. The smallest absolute Gasteiger partial charge is 0.220 e. The lowest BCUT2D eigenvalue weighted by atomic mass is 9.99. The molecular formula is C56H97NO8. The van der Waals surface area contributed by atoms with Gasteiger partial charge in [0, 0.05) is 6.42 Å². The first-order valence-corrected chi connectivity index (χ1v) is 26.3. The van der Waals surface area contributed by atoms with Gasteiger partial charge in [0.05, 0.1) is 25.4 Å². The van der Waals surface area contributed by atoms with Crippen molar-refractivity contribution < 1.29 is 39.8 Å². The molecule has 1 amide bonds. The molecular weight excluding hydrogens is 815 g/mol. The van der Waals surface area contributed by atoms with Crippen LogP contribution in [0.1, 0.15) is 206 Å². The van der Waals surface area contributed by atoms with Crippen LogP contribution < -0.4 is 5.32 Å². The second-order valence-corrected chi connectivity index (χ2v) is 17.9. The van der Waals surface area contributed by atoms with Crippen molar-refractivity contribution in [2.75, 3.05) is 13.2 Å². The van der Waals surface area contributed by atoms with Gasteiger partial charge in [-0.25, -0.2) is 0 Å². The average molecular weight is 912 g/mol. The molecule has 7 unspecified atom stereocenters. The Morgan fingerprint density at radius 1 is 0.538 bits per heavy atom. The number of nitrogens with one attached hydrogen (secondary N) is 1. The average Bonchev–Trinajstić information content (AvgIpc) is 3.31. The first-order chi connectivity index (χ1) is 31.8. The van der Waals surface area contributed by atoms with Crippen molar-refractivity contribution in [2.24, 2.45) is 0 Å². The lowest BCUT2D eigenvalue weighted by Crippen LogP contribution is -2.60. The second kappa shape index (κ2) is 45.2. The second-order valence-electron chi connectivity index (χ2n) is 17.9. The number of hydrogen-bond donors (Lipinski definition) is 6. The van der Waals surface area contributed by atoms with Crippen LogP contribution in [0.15, 0.2) is 85.1 Å². The monoisotopic (exact) mass is 912 g/mol. The normalized spacial score (nSPS) is 20.6. The van der Waals surface area contributed by atoms with Crippen LogP contribution >= 0.6 is 0 Å². The third-order valence-electron chi connectivity index (χ3n) is 12.0. The van der Waals surface area contributed by atoms with Gasteiger partial charge in [0.1, 0.15) is 24.4 Å². The zero-order valence-corrected chi connectivity index (χ0v) is 41.2. The number of carbonyl (C=O) groups excluding carboxylic acids is 1. The summed E-state index contributed by atoms with van der Waals surface area (Å²) in [5.74, 6) is -0.204. The van der Waals surface area contributed by atoms with E-state index in [-0.39, 0.29) is 12.5 Å². The summed E-state index contributed by atoms with van der Waals surface area (Å²) in [6.45, 7) is 3.65. The largest absolute Gasteiger partial charge is 0.394 e. The van der Waals surface area contributed by atoms with E-state index in [1.807, 2.05) is 6.08 Å². The first-order valence-electron chi connectivity index (χ1n) is 26.3. The summed E-state index contributed by atoms with van der Waals surface area (Å²) in [5.41, 5.74) is 0. The lowest BCUT2D eigenvalue weighted by molar-refractivity contribution is -0.302. The molecule has 374 valence electrons. The molecule has 0 aliphatic carbocycles. The number of carbonyl (C=O) groups is 1. The van der Waals surface area contributed by atoms with Crippen LogP contribution in [0.2, 0.25) is 0 Å². The van der Waals surface area contributed by atoms with Gasteiger partial charge in [0.25, 0.3) is 0 Å². The van der Waals surface area contributed by atoms with Crippen LogP contribution in [0.4, 0.5) is 0 Å². The summed E-state index contributed by atoms with van der Waals surface area (Å²) in [4.78, 5) is 13.0. The zero-order chi connectivity index (χ0) is 47.3. The highest BCUT2D eigenvalue weighted by molar-refractivity contribution is 5.76. The van der Waals surface area contributed by atoms with E-state index in [4.69, 9.17) is 9.47 Å². The summed E-state index contributed by atoms with van der Waals surface area (Å²) in [5, 5.41) is 54.4. The molecule has 1 rings (SSSR count). The summed E-state index contributed by atoms with van der Waals surface area (Å²) < 4.78 is 11.2. The molecule has 1 aliphatic heterocycles. The number of ether oxygens (including phenoxy) is 2. The third-order valence-corrected chi connectivity index (χ3v) is 12.0. The van der Waals surface area contributed by atoms with Crippen molar-refractivity contribution in [3.8, 4) is 0 Å². The molecule has 1 aliphatic rings. The van der Waals surface area contributed by atoms with Gasteiger partial charge in [-0.2, -0.15) is 0 Å². The maximum atomic E-state index is 13.0. The Hall–Kier alpha value is -2.63. The quantitative estimate of drug-likeness (QED) is 0.0262. The van der Waals surface area contributed by atoms with E-state index >= 15 is 0 Å². The molecule has 0 bridgehead atoms. The van der Waals surface area contributed by atoms with Gasteiger partial charge in [0.15, 0.2) is 6.29 Å². The molecule has 65 heavy (non-hydrogen) atoms. The number of aliphatic hydroxyl groups excluding tert-OH is 5. The van der Waals surface area contributed by atoms with Crippen molar-refractivity contribution in [3.63, 3.8) is 0 Å². The molecule has 7 atom stereocenters. The minimum Gasteiger partial charge on any atom is -0.394 e. The van der Waals surface area contributed by atoms with Gasteiger partial charge in [0.2, 0.25) is 5.91 Å². The van der Waals surface area contributed by atoms with Gasteiger partial charge >= 0.3 is 0 Å². The third kappa shape index (κ3) is 35.2. The minimum atomic E-state index is -1.58. The van der Waals surface area contributed by atoms with Crippen LogP contribution in [0, 0.1) is 0 Å². The fourth-order valence-electron chi connectivity index (χ4n) is 7.81. The van der Waals surface area contributed by atoms with E-state index in [0.717, 1.165) is 89.9 Å². The molecule has 1 heterocycles. The topological polar surface area (TPSA) is 149 Å². The van der Waals surface area contributed by atoms with Crippen molar-refractivity contribution in [3.05, 3.63) is 85.1 Å². The summed E-state index contributed by atoms with van der Waals surface area (Å²) >= 11 is 0. The molecule has 0 radical (unpaired) electrons. The van der Waals surface area contributed by atoms with Gasteiger partial charge in [-0.1, -0.05) is 214 Å². The Bertz CT molecular complexity index is 1290. The Balaban J connectivity index is 2.33. The Morgan fingerprint density at radius 3 is 1.42 bits per heavy atom. The molecule has 1 fully saturated rings. The van der Waals surface area contributed by atoms with Crippen molar-refractivity contribution in [1.29, 1.82) is 0 Å². The summed E-state index contributed by atoms with van der Waals surface area (Å²) in [6.07, 6.45) is 56.2. The van der Waals surface area contributed by atoms with E-state index in [9.17, 15) is 30.3 Å². The molecule has 9 heteroatoms. The summed E-state index contributed by atoms with van der Waals surface area (Å²) in [6, 6.07) is -0.824. The van der Waals surface area contributed by atoms with Crippen molar-refractivity contribution >= 4 is 5.91 Å². The number of hydrogen-bond acceptors (Lipinski definition) is 8. The van der Waals surface area contributed by atoms with Crippen LogP contribution in [0.3, 0.4) is 0 Å². The molecule has 1 saturated heterocycles. The maximum Gasteiger partial charge on any atom is 0.220 e. The van der Waals surface area contributed by atoms with E-state index in [2.05, 4.69) is 92.1 Å². The number of rotatable bonds is 43.